The van der Waals surface area contributed by atoms with Gasteiger partial charge in [-0.05, 0) is 65.4 Å². The van der Waals surface area contributed by atoms with Gasteiger partial charge in [0.15, 0.2) is 6.61 Å². The van der Waals surface area contributed by atoms with Crippen LogP contribution in [0.5, 0.6) is 5.75 Å². The van der Waals surface area contributed by atoms with Crippen LogP contribution in [0, 0.1) is 0 Å². The Morgan fingerprint density at radius 2 is 1.74 bits per heavy atom. The topological polar surface area (TPSA) is 85.2 Å². The summed E-state index contributed by atoms with van der Waals surface area (Å²) in [6, 6.07) is 20.6. The van der Waals surface area contributed by atoms with Gasteiger partial charge >= 0.3 is 0 Å². The highest BCUT2D eigenvalue weighted by molar-refractivity contribution is 9.10. The fourth-order valence-corrected chi connectivity index (χ4v) is 3.37. The maximum atomic E-state index is 12.1. The first-order valence-corrected chi connectivity index (χ1v) is 10.3. The normalized spacial score (nSPS) is 10.6. The highest BCUT2D eigenvalue weighted by atomic mass is 79.9. The summed E-state index contributed by atoms with van der Waals surface area (Å²) in [4.78, 5) is 24.1. The summed E-state index contributed by atoms with van der Waals surface area (Å²) in [7, 11) is 0. The first-order valence-electron chi connectivity index (χ1n) is 9.55. The first-order chi connectivity index (χ1) is 15.1. The molecule has 0 saturated heterocycles. The molecule has 2 N–H and O–H groups in total. The fourth-order valence-electron chi connectivity index (χ4n) is 2.99. The molecule has 0 aliphatic carbocycles. The highest BCUT2D eigenvalue weighted by Crippen LogP contribution is 2.24. The van der Waals surface area contributed by atoms with Crippen molar-refractivity contribution in [1.82, 2.24) is 15.1 Å². The number of carbonyl (C=O) groups excluding carboxylic acids is 2. The van der Waals surface area contributed by atoms with Gasteiger partial charge in [0.25, 0.3) is 5.91 Å². The van der Waals surface area contributed by atoms with Gasteiger partial charge in [0, 0.05) is 22.6 Å². The van der Waals surface area contributed by atoms with E-state index in [-0.39, 0.29) is 25.0 Å². The van der Waals surface area contributed by atoms with Crippen molar-refractivity contribution in [2.45, 2.75) is 0 Å². The van der Waals surface area contributed by atoms with E-state index in [0.29, 0.717) is 11.4 Å². The highest BCUT2D eigenvalue weighted by Gasteiger charge is 2.08. The van der Waals surface area contributed by atoms with Crippen molar-refractivity contribution in [1.29, 1.82) is 0 Å². The van der Waals surface area contributed by atoms with E-state index in [2.05, 4.69) is 31.7 Å². The van der Waals surface area contributed by atoms with Gasteiger partial charge in [0.2, 0.25) is 5.91 Å². The molecule has 0 atom stereocenters. The van der Waals surface area contributed by atoms with Gasteiger partial charge in [-0.2, -0.15) is 5.10 Å². The Morgan fingerprint density at radius 1 is 0.968 bits per heavy atom. The molecule has 4 rings (SSSR count). The zero-order valence-corrected chi connectivity index (χ0v) is 18.0. The van der Waals surface area contributed by atoms with E-state index in [4.69, 9.17) is 4.74 Å². The number of fused-ring (bicyclic) bond motifs is 1. The Morgan fingerprint density at radius 3 is 2.52 bits per heavy atom. The molecular formula is C23H19BrN4O3. The van der Waals surface area contributed by atoms with E-state index < -0.39 is 0 Å². The van der Waals surface area contributed by atoms with Gasteiger partial charge in [0.05, 0.1) is 12.2 Å². The van der Waals surface area contributed by atoms with Crippen molar-refractivity contribution < 1.29 is 14.3 Å². The third-order valence-corrected chi connectivity index (χ3v) is 5.00. The Hall–Kier alpha value is -3.65. The minimum atomic E-state index is -0.375. The molecule has 0 spiro atoms. The van der Waals surface area contributed by atoms with Gasteiger partial charge in [-0.3, -0.25) is 9.59 Å². The van der Waals surface area contributed by atoms with Gasteiger partial charge in [-0.1, -0.05) is 28.1 Å². The van der Waals surface area contributed by atoms with E-state index in [9.17, 15) is 9.59 Å². The van der Waals surface area contributed by atoms with Crippen LogP contribution in [0.2, 0.25) is 0 Å². The van der Waals surface area contributed by atoms with Gasteiger partial charge < -0.3 is 15.4 Å². The molecule has 2 amide bonds. The number of carbonyl (C=O) groups is 2. The number of hydrogen-bond acceptors (Lipinski definition) is 4. The van der Waals surface area contributed by atoms with E-state index >= 15 is 0 Å². The number of benzene rings is 3. The molecule has 1 heterocycles. The number of amides is 2. The molecule has 4 aromatic rings. The van der Waals surface area contributed by atoms with Gasteiger partial charge in [-0.15, -0.1) is 0 Å². The summed E-state index contributed by atoms with van der Waals surface area (Å²) >= 11 is 3.44. The first kappa shape index (κ1) is 20.6. The lowest BCUT2D eigenvalue weighted by Gasteiger charge is -2.09. The van der Waals surface area contributed by atoms with Crippen molar-refractivity contribution in [3.05, 3.63) is 83.6 Å². The number of halogens is 1. The van der Waals surface area contributed by atoms with E-state index in [1.165, 1.54) is 0 Å². The molecule has 0 fully saturated rings. The molecule has 3 aromatic carbocycles. The van der Waals surface area contributed by atoms with Gasteiger partial charge in [0.1, 0.15) is 5.75 Å². The average Bonchev–Trinajstić information content (AvgIpc) is 3.32. The van der Waals surface area contributed by atoms with E-state index in [0.717, 1.165) is 20.9 Å². The molecule has 0 bridgehead atoms. The maximum Gasteiger partial charge on any atom is 0.258 e. The monoisotopic (exact) mass is 478 g/mol. The van der Waals surface area contributed by atoms with Crippen LogP contribution in [0.4, 0.5) is 5.69 Å². The summed E-state index contributed by atoms with van der Waals surface area (Å²) in [5.41, 5.74) is 1.52. The summed E-state index contributed by atoms with van der Waals surface area (Å²) in [6.07, 6.45) is 3.53. The Bertz CT molecular complexity index is 1210. The minimum Gasteiger partial charge on any atom is -0.484 e. The van der Waals surface area contributed by atoms with Crippen molar-refractivity contribution in [2.75, 3.05) is 18.5 Å². The predicted octanol–water partition coefficient (Wildman–Crippen LogP) is 3.92. The Labute approximate surface area is 187 Å². The third-order valence-electron chi connectivity index (χ3n) is 4.51. The maximum absolute atomic E-state index is 12.1. The summed E-state index contributed by atoms with van der Waals surface area (Å²) < 4.78 is 8.26. The third kappa shape index (κ3) is 5.49. The van der Waals surface area contributed by atoms with Gasteiger partial charge in [-0.25, -0.2) is 4.68 Å². The molecule has 8 heteroatoms. The smallest absolute Gasteiger partial charge is 0.258 e. The van der Waals surface area contributed by atoms with E-state index in [1.54, 1.807) is 23.0 Å². The molecule has 31 heavy (non-hydrogen) atoms. The molecule has 0 aliphatic heterocycles. The summed E-state index contributed by atoms with van der Waals surface area (Å²) in [5.74, 6) is -0.108. The molecule has 0 unspecified atom stereocenters. The quantitative estimate of drug-likeness (QED) is 0.421. The lowest BCUT2D eigenvalue weighted by molar-refractivity contribution is -0.125. The number of nitrogens with one attached hydrogen (secondary N) is 2. The van der Waals surface area contributed by atoms with Crippen molar-refractivity contribution in [3.63, 3.8) is 0 Å². The van der Waals surface area contributed by atoms with Crippen LogP contribution in [0.1, 0.15) is 0 Å². The zero-order chi connectivity index (χ0) is 21.6. The van der Waals surface area contributed by atoms with Crippen LogP contribution in [-0.2, 0) is 9.59 Å². The second-order valence-electron chi connectivity index (χ2n) is 6.76. The summed E-state index contributed by atoms with van der Waals surface area (Å²) in [5, 5.41) is 11.5. The molecule has 0 radical (unpaired) electrons. The van der Waals surface area contributed by atoms with Crippen LogP contribution in [0.25, 0.3) is 16.5 Å². The second-order valence-corrected chi connectivity index (χ2v) is 7.68. The molecule has 1 aromatic heterocycles. The van der Waals surface area contributed by atoms with E-state index in [1.807, 2.05) is 60.8 Å². The lowest BCUT2D eigenvalue weighted by Crippen LogP contribution is -2.35. The molecule has 156 valence electrons. The lowest BCUT2D eigenvalue weighted by atomic mass is 10.1. The minimum absolute atomic E-state index is 0.144. The average molecular weight is 479 g/mol. The summed E-state index contributed by atoms with van der Waals surface area (Å²) in [6.45, 7) is -0.317. The Kier molecular flexibility index (Phi) is 6.28. The van der Waals surface area contributed by atoms with Crippen molar-refractivity contribution >= 4 is 44.2 Å². The standard InChI is InChI=1S/C23H19BrN4O3/c24-18-4-2-17-13-21(9-3-16(17)12-18)31-15-23(30)25-14-22(29)27-19-5-7-20(8-6-19)28-11-1-10-26-28/h1-13H,14-15H2,(H,25,30)(H,27,29). The largest absolute Gasteiger partial charge is 0.484 e. The van der Waals surface area contributed by atoms with Crippen molar-refractivity contribution in [3.8, 4) is 11.4 Å². The van der Waals surface area contributed by atoms with Crippen LogP contribution >= 0.6 is 15.9 Å². The fraction of sp³-hybridized carbons (Fsp3) is 0.0870. The zero-order valence-electron chi connectivity index (χ0n) is 16.4. The second kappa shape index (κ2) is 9.44. The van der Waals surface area contributed by atoms with Crippen molar-refractivity contribution in [2.24, 2.45) is 0 Å². The number of aromatic nitrogens is 2. The number of hydrogen-bond donors (Lipinski definition) is 2. The molecular weight excluding hydrogens is 460 g/mol. The number of rotatable bonds is 7. The van der Waals surface area contributed by atoms with Crippen LogP contribution in [0.15, 0.2) is 83.6 Å². The molecule has 0 aliphatic rings. The van der Waals surface area contributed by atoms with Crippen LogP contribution in [-0.4, -0.2) is 34.7 Å². The van der Waals surface area contributed by atoms with Crippen LogP contribution < -0.4 is 15.4 Å². The number of ether oxygens (including phenoxy) is 1. The molecule has 0 saturated carbocycles. The molecule has 7 nitrogen and oxygen atoms in total. The predicted molar refractivity (Wildman–Crippen MR) is 122 cm³/mol. The SMILES string of the molecule is O=C(COc1ccc2cc(Br)ccc2c1)NCC(=O)Nc1ccc(-n2cccn2)cc1. The van der Waals surface area contributed by atoms with Crippen LogP contribution in [0.3, 0.4) is 0 Å². The Balaban J connectivity index is 1.23. The number of anilines is 1. The number of nitrogens with zero attached hydrogens (tertiary/aromatic N) is 2.